The van der Waals surface area contributed by atoms with Crippen LogP contribution in [0.1, 0.15) is 5.69 Å². The van der Waals surface area contributed by atoms with E-state index in [2.05, 4.69) is 21.8 Å². The summed E-state index contributed by atoms with van der Waals surface area (Å²) in [6, 6.07) is 2.06. The van der Waals surface area contributed by atoms with Crippen LogP contribution in [-0.2, 0) is 0 Å². The van der Waals surface area contributed by atoms with E-state index in [1.165, 1.54) is 17.1 Å². The van der Waals surface area contributed by atoms with E-state index in [4.69, 9.17) is 0 Å². The van der Waals surface area contributed by atoms with Crippen LogP contribution in [0.4, 0.5) is 0 Å². The quantitative estimate of drug-likeness (QED) is 0.652. The van der Waals surface area contributed by atoms with Crippen LogP contribution in [0, 0.1) is 0 Å². The molecule has 0 saturated heterocycles. The Morgan fingerprint density at radius 2 is 2.60 bits per heavy atom. The van der Waals surface area contributed by atoms with Crippen molar-refractivity contribution in [2.45, 2.75) is 0 Å². The Labute approximate surface area is 63.7 Å². The molecule has 2 nitrogen and oxygen atoms in total. The molecule has 3 heteroatoms. The van der Waals surface area contributed by atoms with Crippen LogP contribution in [0.25, 0.3) is 5.57 Å². The van der Waals surface area contributed by atoms with Gasteiger partial charge in [-0.25, -0.2) is 0 Å². The van der Waals surface area contributed by atoms with Crippen LogP contribution in [0.15, 0.2) is 17.5 Å². The fraction of sp³-hybridized carbons (Fsp3) is 0.286. The average molecular weight is 152 g/mol. The second-order valence-corrected chi connectivity index (χ2v) is 2.91. The molecule has 1 aliphatic rings. The first-order chi connectivity index (χ1) is 4.97. The van der Waals surface area contributed by atoms with E-state index in [0.717, 1.165) is 18.8 Å². The molecule has 0 spiro atoms. The summed E-state index contributed by atoms with van der Waals surface area (Å²) >= 11 is 1.51. The molecular weight excluding hydrogens is 144 g/mol. The highest BCUT2D eigenvalue weighted by molar-refractivity contribution is 7.03. The lowest BCUT2D eigenvalue weighted by atomic mass is 10.2. The van der Waals surface area contributed by atoms with Crippen LogP contribution in [0.2, 0.25) is 0 Å². The fourth-order valence-corrected chi connectivity index (χ4v) is 1.59. The third-order valence-electron chi connectivity index (χ3n) is 1.58. The molecule has 0 radical (unpaired) electrons. The minimum Gasteiger partial charge on any atom is -0.309 e. The molecular formula is C7H8N2S. The molecule has 2 rings (SSSR count). The van der Waals surface area contributed by atoms with Crippen LogP contribution < -0.4 is 5.32 Å². The Morgan fingerprint density at radius 3 is 3.20 bits per heavy atom. The first-order valence-corrected chi connectivity index (χ1v) is 4.11. The number of nitrogens with one attached hydrogen (secondary N) is 1. The van der Waals surface area contributed by atoms with Crippen molar-refractivity contribution in [2.24, 2.45) is 0 Å². The van der Waals surface area contributed by atoms with Gasteiger partial charge in [0, 0.05) is 18.5 Å². The Bertz CT molecular complexity index is 238. The van der Waals surface area contributed by atoms with Crippen molar-refractivity contribution < 1.29 is 0 Å². The Hall–Kier alpha value is -0.670. The maximum atomic E-state index is 4.23. The summed E-state index contributed by atoms with van der Waals surface area (Å²) in [6.07, 6.45) is 2.19. The van der Waals surface area contributed by atoms with Gasteiger partial charge in [-0.05, 0) is 23.2 Å². The molecule has 1 aromatic heterocycles. The SMILES string of the molecule is C1=C(c2ccsn2)CNC1. The van der Waals surface area contributed by atoms with Crippen molar-refractivity contribution in [3.8, 4) is 0 Å². The summed E-state index contributed by atoms with van der Waals surface area (Å²) in [7, 11) is 0. The maximum absolute atomic E-state index is 4.23. The summed E-state index contributed by atoms with van der Waals surface area (Å²) in [6.45, 7) is 1.97. The molecule has 0 amide bonds. The largest absolute Gasteiger partial charge is 0.309 e. The molecule has 0 aliphatic carbocycles. The lowest BCUT2D eigenvalue weighted by Gasteiger charge is -1.92. The van der Waals surface area contributed by atoms with E-state index in [0.29, 0.717) is 0 Å². The van der Waals surface area contributed by atoms with Gasteiger partial charge in [0.2, 0.25) is 0 Å². The summed E-state index contributed by atoms with van der Waals surface area (Å²) in [5.74, 6) is 0. The van der Waals surface area contributed by atoms with Gasteiger partial charge in [0.15, 0.2) is 0 Å². The minimum atomic E-state index is 0.976. The Balaban J connectivity index is 2.28. The van der Waals surface area contributed by atoms with Crippen molar-refractivity contribution in [2.75, 3.05) is 13.1 Å². The van der Waals surface area contributed by atoms with E-state index < -0.39 is 0 Å². The first kappa shape index (κ1) is 6.07. The van der Waals surface area contributed by atoms with Crippen LogP contribution >= 0.6 is 11.5 Å². The van der Waals surface area contributed by atoms with Crippen molar-refractivity contribution >= 4 is 17.1 Å². The molecule has 0 atom stereocenters. The van der Waals surface area contributed by atoms with E-state index in [-0.39, 0.29) is 0 Å². The smallest absolute Gasteiger partial charge is 0.0810 e. The molecule has 0 saturated carbocycles. The van der Waals surface area contributed by atoms with Crippen molar-refractivity contribution in [1.82, 2.24) is 9.69 Å². The second kappa shape index (κ2) is 2.52. The average Bonchev–Trinajstić information content (AvgIpc) is 2.59. The van der Waals surface area contributed by atoms with Gasteiger partial charge in [-0.15, -0.1) is 0 Å². The van der Waals surface area contributed by atoms with Gasteiger partial charge in [0.25, 0.3) is 0 Å². The number of aromatic nitrogens is 1. The zero-order valence-corrected chi connectivity index (χ0v) is 6.32. The van der Waals surface area contributed by atoms with Gasteiger partial charge in [0.1, 0.15) is 0 Å². The predicted molar refractivity (Wildman–Crippen MR) is 43.0 cm³/mol. The third kappa shape index (κ3) is 0.978. The lowest BCUT2D eigenvalue weighted by Crippen LogP contribution is -2.07. The molecule has 0 bridgehead atoms. The van der Waals surface area contributed by atoms with Gasteiger partial charge in [-0.2, -0.15) is 4.37 Å². The van der Waals surface area contributed by atoms with Crippen molar-refractivity contribution in [1.29, 1.82) is 0 Å². The van der Waals surface area contributed by atoms with Gasteiger partial charge in [0.05, 0.1) is 5.69 Å². The van der Waals surface area contributed by atoms with Crippen LogP contribution in [-0.4, -0.2) is 17.5 Å². The normalized spacial score (nSPS) is 17.4. The second-order valence-electron chi connectivity index (χ2n) is 2.24. The van der Waals surface area contributed by atoms with Crippen LogP contribution in [0.5, 0.6) is 0 Å². The Morgan fingerprint density at radius 1 is 1.60 bits per heavy atom. The highest BCUT2D eigenvalue weighted by Gasteiger charge is 2.06. The Kier molecular flexibility index (Phi) is 1.53. The highest BCUT2D eigenvalue weighted by atomic mass is 32.1. The molecule has 1 aromatic rings. The van der Waals surface area contributed by atoms with Gasteiger partial charge in [-0.3, -0.25) is 0 Å². The molecule has 0 fully saturated rings. The van der Waals surface area contributed by atoms with Gasteiger partial charge >= 0.3 is 0 Å². The fourth-order valence-electron chi connectivity index (χ4n) is 1.05. The minimum absolute atomic E-state index is 0.976. The maximum Gasteiger partial charge on any atom is 0.0810 e. The van der Waals surface area contributed by atoms with Crippen LogP contribution in [0.3, 0.4) is 0 Å². The van der Waals surface area contributed by atoms with E-state index >= 15 is 0 Å². The number of nitrogens with zero attached hydrogens (tertiary/aromatic N) is 1. The summed E-state index contributed by atoms with van der Waals surface area (Å²) in [5, 5.41) is 5.24. The van der Waals surface area contributed by atoms with E-state index in [1.807, 2.05) is 5.38 Å². The van der Waals surface area contributed by atoms with E-state index in [1.54, 1.807) is 0 Å². The van der Waals surface area contributed by atoms with Crippen molar-refractivity contribution in [3.05, 3.63) is 23.2 Å². The number of rotatable bonds is 1. The molecule has 52 valence electrons. The number of hydrogen-bond acceptors (Lipinski definition) is 3. The van der Waals surface area contributed by atoms with Crippen molar-refractivity contribution in [3.63, 3.8) is 0 Å². The topological polar surface area (TPSA) is 24.9 Å². The summed E-state index contributed by atoms with van der Waals surface area (Å²) < 4.78 is 4.23. The molecule has 1 N–H and O–H groups in total. The lowest BCUT2D eigenvalue weighted by molar-refractivity contribution is 0.896. The molecule has 0 unspecified atom stereocenters. The first-order valence-electron chi connectivity index (χ1n) is 3.27. The molecule has 10 heavy (non-hydrogen) atoms. The molecule has 0 aromatic carbocycles. The molecule has 2 heterocycles. The predicted octanol–water partition coefficient (Wildman–Crippen LogP) is 1.13. The van der Waals surface area contributed by atoms with E-state index in [9.17, 15) is 0 Å². The van der Waals surface area contributed by atoms with Gasteiger partial charge in [-0.1, -0.05) is 6.08 Å². The summed E-state index contributed by atoms with van der Waals surface area (Å²) in [5.41, 5.74) is 2.47. The number of hydrogen-bond donors (Lipinski definition) is 1. The monoisotopic (exact) mass is 152 g/mol. The van der Waals surface area contributed by atoms with Gasteiger partial charge < -0.3 is 5.32 Å². The highest BCUT2D eigenvalue weighted by Crippen LogP contribution is 2.14. The standard InChI is InChI=1S/C7H8N2S/c1-3-8-5-6(1)7-2-4-10-9-7/h1-2,4,8H,3,5H2. The zero-order valence-electron chi connectivity index (χ0n) is 5.50. The molecule has 1 aliphatic heterocycles. The zero-order chi connectivity index (χ0) is 6.81. The summed E-state index contributed by atoms with van der Waals surface area (Å²) in [4.78, 5) is 0. The third-order valence-corrected chi connectivity index (χ3v) is 2.13.